The molecule has 0 aromatic carbocycles. The van der Waals surface area contributed by atoms with Crippen molar-refractivity contribution in [1.29, 1.82) is 0 Å². The maximum atomic E-state index is 3.45. The quantitative estimate of drug-likeness (QED) is 0.656. The van der Waals surface area contributed by atoms with Crippen molar-refractivity contribution in [2.45, 2.75) is 40.5 Å². The number of rotatable bonds is 1. The van der Waals surface area contributed by atoms with Gasteiger partial charge in [-0.05, 0) is 48.6 Å². The Balaban J connectivity index is 2.03. The number of nitrogens with one attached hydrogen (secondary N) is 1. The normalized spacial score (nSPS) is 33.2. The minimum atomic E-state index is 0.592. The number of hydrogen-bond donors (Lipinski definition) is 1. The van der Waals surface area contributed by atoms with Gasteiger partial charge in [0.2, 0.25) is 0 Å². The van der Waals surface area contributed by atoms with Gasteiger partial charge in [-0.1, -0.05) is 27.7 Å². The van der Waals surface area contributed by atoms with Gasteiger partial charge in [0.05, 0.1) is 0 Å². The molecule has 0 aromatic heterocycles. The molecular weight excluding hydrogens is 158 g/mol. The van der Waals surface area contributed by atoms with Gasteiger partial charge in [0.25, 0.3) is 0 Å². The molecule has 76 valence electrons. The van der Waals surface area contributed by atoms with Crippen molar-refractivity contribution in [3.8, 4) is 0 Å². The molecule has 1 aliphatic heterocycles. The van der Waals surface area contributed by atoms with Gasteiger partial charge < -0.3 is 5.32 Å². The fourth-order valence-electron chi connectivity index (χ4n) is 3.60. The van der Waals surface area contributed by atoms with Gasteiger partial charge in [-0.2, -0.15) is 0 Å². The maximum absolute atomic E-state index is 3.45. The van der Waals surface area contributed by atoms with Gasteiger partial charge in [0.1, 0.15) is 0 Å². The molecule has 0 bridgehead atoms. The molecule has 1 saturated heterocycles. The number of piperidine rings is 1. The summed E-state index contributed by atoms with van der Waals surface area (Å²) in [5.74, 6) is 1.97. The highest BCUT2D eigenvalue weighted by Gasteiger charge is 2.66. The van der Waals surface area contributed by atoms with Crippen LogP contribution in [-0.4, -0.2) is 13.1 Å². The summed E-state index contributed by atoms with van der Waals surface area (Å²) in [6.45, 7) is 12.3. The molecule has 0 aromatic rings. The zero-order chi connectivity index (χ0) is 9.69. The van der Waals surface area contributed by atoms with Crippen molar-refractivity contribution < 1.29 is 0 Å². The zero-order valence-electron chi connectivity index (χ0n) is 9.48. The summed E-state index contributed by atoms with van der Waals surface area (Å²) >= 11 is 0. The van der Waals surface area contributed by atoms with Crippen molar-refractivity contribution in [3.05, 3.63) is 0 Å². The summed E-state index contributed by atoms with van der Waals surface area (Å²) in [4.78, 5) is 0. The van der Waals surface area contributed by atoms with Crippen LogP contribution in [0.4, 0.5) is 0 Å². The van der Waals surface area contributed by atoms with Gasteiger partial charge in [-0.25, -0.2) is 0 Å². The molecule has 1 heterocycles. The van der Waals surface area contributed by atoms with Crippen molar-refractivity contribution >= 4 is 0 Å². The monoisotopic (exact) mass is 181 g/mol. The summed E-state index contributed by atoms with van der Waals surface area (Å²) in [5, 5.41) is 3.45. The number of hydrogen-bond acceptors (Lipinski definition) is 1. The second kappa shape index (κ2) is 2.73. The van der Waals surface area contributed by atoms with E-state index < -0.39 is 0 Å². The van der Waals surface area contributed by atoms with Crippen molar-refractivity contribution in [3.63, 3.8) is 0 Å². The highest BCUT2D eigenvalue weighted by atomic mass is 14.9. The lowest BCUT2D eigenvalue weighted by Crippen LogP contribution is -2.29. The van der Waals surface area contributed by atoms with E-state index in [1.54, 1.807) is 0 Å². The standard InChI is InChI=1S/C12H23N/c1-11(2)10(12(11,3)4)9-5-7-13-8-6-9/h9-10,13H,5-8H2,1-4H3. The molecule has 1 heteroatoms. The predicted octanol–water partition coefficient (Wildman–Crippen LogP) is 2.67. The summed E-state index contributed by atoms with van der Waals surface area (Å²) in [5.41, 5.74) is 1.18. The van der Waals surface area contributed by atoms with Gasteiger partial charge in [-0.15, -0.1) is 0 Å². The SMILES string of the molecule is CC1(C)C(C2CCNCC2)C1(C)C. The van der Waals surface area contributed by atoms with E-state index in [9.17, 15) is 0 Å². The first-order chi connectivity index (χ1) is 5.98. The van der Waals surface area contributed by atoms with Crippen LogP contribution in [0.15, 0.2) is 0 Å². The summed E-state index contributed by atoms with van der Waals surface area (Å²) < 4.78 is 0. The first-order valence-electron chi connectivity index (χ1n) is 5.68. The van der Waals surface area contributed by atoms with Crippen LogP contribution in [0.25, 0.3) is 0 Å². The largest absolute Gasteiger partial charge is 0.317 e. The van der Waals surface area contributed by atoms with Crippen LogP contribution in [0, 0.1) is 22.7 Å². The molecule has 0 atom stereocenters. The fourth-order valence-corrected chi connectivity index (χ4v) is 3.60. The van der Waals surface area contributed by atoms with E-state index >= 15 is 0 Å². The minimum absolute atomic E-state index is 0.592. The van der Waals surface area contributed by atoms with Crippen LogP contribution in [0.3, 0.4) is 0 Å². The molecule has 0 unspecified atom stereocenters. The second-order valence-corrected chi connectivity index (χ2v) is 6.01. The highest BCUT2D eigenvalue weighted by Crippen LogP contribution is 2.72. The predicted molar refractivity (Wildman–Crippen MR) is 56.6 cm³/mol. The Morgan fingerprint density at radius 3 is 1.77 bits per heavy atom. The van der Waals surface area contributed by atoms with Gasteiger partial charge in [-0.3, -0.25) is 0 Å². The van der Waals surface area contributed by atoms with E-state index in [0.717, 1.165) is 11.8 Å². The molecule has 1 saturated carbocycles. The molecule has 0 amide bonds. The van der Waals surface area contributed by atoms with Crippen LogP contribution in [0.5, 0.6) is 0 Å². The Morgan fingerprint density at radius 2 is 1.38 bits per heavy atom. The Hall–Kier alpha value is -0.0400. The Morgan fingerprint density at radius 1 is 0.923 bits per heavy atom. The third-order valence-corrected chi connectivity index (χ3v) is 4.99. The third-order valence-electron chi connectivity index (χ3n) is 4.99. The van der Waals surface area contributed by atoms with E-state index in [4.69, 9.17) is 0 Å². The summed E-state index contributed by atoms with van der Waals surface area (Å²) in [6, 6.07) is 0. The molecule has 2 rings (SSSR count). The molecule has 2 fully saturated rings. The third kappa shape index (κ3) is 1.24. The Bertz CT molecular complexity index is 185. The first kappa shape index (κ1) is 9.51. The molecule has 1 nitrogen and oxygen atoms in total. The van der Waals surface area contributed by atoms with Crippen molar-refractivity contribution in [1.82, 2.24) is 5.32 Å². The molecule has 2 aliphatic rings. The van der Waals surface area contributed by atoms with Gasteiger partial charge in [0, 0.05) is 0 Å². The lowest BCUT2D eigenvalue weighted by molar-refractivity contribution is 0.294. The van der Waals surface area contributed by atoms with E-state index in [1.807, 2.05) is 0 Å². The van der Waals surface area contributed by atoms with Crippen LogP contribution in [0.2, 0.25) is 0 Å². The van der Waals surface area contributed by atoms with Crippen molar-refractivity contribution in [2.24, 2.45) is 22.7 Å². The molecule has 13 heavy (non-hydrogen) atoms. The Kier molecular flexibility index (Phi) is 1.99. The fraction of sp³-hybridized carbons (Fsp3) is 1.00. The first-order valence-corrected chi connectivity index (χ1v) is 5.68. The topological polar surface area (TPSA) is 12.0 Å². The average molecular weight is 181 g/mol. The van der Waals surface area contributed by atoms with Crippen LogP contribution < -0.4 is 5.32 Å². The van der Waals surface area contributed by atoms with Gasteiger partial charge >= 0.3 is 0 Å². The zero-order valence-corrected chi connectivity index (χ0v) is 9.48. The van der Waals surface area contributed by atoms with Crippen LogP contribution in [-0.2, 0) is 0 Å². The highest BCUT2D eigenvalue weighted by molar-refractivity contribution is 5.14. The van der Waals surface area contributed by atoms with E-state index in [-0.39, 0.29) is 0 Å². The van der Waals surface area contributed by atoms with E-state index in [2.05, 4.69) is 33.0 Å². The van der Waals surface area contributed by atoms with Crippen LogP contribution in [0.1, 0.15) is 40.5 Å². The lowest BCUT2D eigenvalue weighted by Gasteiger charge is -2.24. The summed E-state index contributed by atoms with van der Waals surface area (Å²) in [7, 11) is 0. The minimum Gasteiger partial charge on any atom is -0.317 e. The van der Waals surface area contributed by atoms with E-state index in [1.165, 1.54) is 25.9 Å². The lowest BCUT2D eigenvalue weighted by atomic mass is 9.88. The smallest absolute Gasteiger partial charge is 0.00462 e. The molecular formula is C12H23N. The maximum Gasteiger partial charge on any atom is -0.00462 e. The van der Waals surface area contributed by atoms with Gasteiger partial charge in [0.15, 0.2) is 0 Å². The molecule has 1 aliphatic carbocycles. The Labute approximate surface area is 82.3 Å². The van der Waals surface area contributed by atoms with E-state index in [0.29, 0.717) is 10.8 Å². The molecule has 0 radical (unpaired) electrons. The average Bonchev–Trinajstić information content (AvgIpc) is 2.44. The molecule has 0 spiro atoms. The molecule has 1 N–H and O–H groups in total. The van der Waals surface area contributed by atoms with Crippen LogP contribution >= 0.6 is 0 Å². The summed E-state index contributed by atoms with van der Waals surface area (Å²) in [6.07, 6.45) is 2.80. The second-order valence-electron chi connectivity index (χ2n) is 6.01. The van der Waals surface area contributed by atoms with Crippen molar-refractivity contribution in [2.75, 3.05) is 13.1 Å².